The number of aliphatic hydroxyl groups excluding tert-OH is 1. The van der Waals surface area contributed by atoms with E-state index in [1.54, 1.807) is 0 Å². The van der Waals surface area contributed by atoms with Crippen LogP contribution < -0.4 is 0 Å². The van der Waals surface area contributed by atoms with Gasteiger partial charge in [-0.25, -0.2) is 9.13 Å². The number of phosphoric acid groups is 2. The van der Waals surface area contributed by atoms with Crippen molar-refractivity contribution in [2.45, 2.75) is 380 Å². The summed E-state index contributed by atoms with van der Waals surface area (Å²) >= 11 is 0. The lowest BCUT2D eigenvalue weighted by Crippen LogP contribution is -2.30. The zero-order valence-electron chi connectivity index (χ0n) is 68.2. The average Bonchev–Trinajstić information content (AvgIpc) is 0.896. The molecule has 0 aliphatic heterocycles. The molecule has 0 heterocycles. The van der Waals surface area contributed by atoms with Crippen LogP contribution in [-0.4, -0.2) is 96.7 Å². The molecule has 0 aliphatic carbocycles. The van der Waals surface area contributed by atoms with Crippen molar-refractivity contribution in [1.82, 2.24) is 0 Å². The summed E-state index contributed by atoms with van der Waals surface area (Å²) in [6.07, 6.45) is 90.3. The molecule has 0 saturated carbocycles. The Kier molecular flexibility index (Phi) is 77.1. The van der Waals surface area contributed by atoms with Crippen molar-refractivity contribution < 1.29 is 80.2 Å². The summed E-state index contributed by atoms with van der Waals surface area (Å²) in [5.74, 6) is -2.28. The monoisotopic (exact) mass is 1560 g/mol. The van der Waals surface area contributed by atoms with Crippen molar-refractivity contribution in [3.05, 3.63) is 122 Å². The number of hydrogen-bond acceptors (Lipinski definition) is 15. The van der Waals surface area contributed by atoms with Gasteiger partial charge in [0.2, 0.25) is 0 Å². The molecule has 0 aromatic rings. The predicted molar refractivity (Wildman–Crippen MR) is 445 cm³/mol. The molecule has 0 saturated heterocycles. The highest BCUT2D eigenvalue weighted by Crippen LogP contribution is 2.45. The molecule has 0 amide bonds. The van der Waals surface area contributed by atoms with Gasteiger partial charge in [-0.15, -0.1) is 0 Å². The number of carbonyl (C=O) groups is 4. The lowest BCUT2D eigenvalue weighted by Gasteiger charge is -2.21. The van der Waals surface area contributed by atoms with E-state index in [4.69, 9.17) is 37.0 Å². The van der Waals surface area contributed by atoms with Gasteiger partial charge in [0.25, 0.3) is 0 Å². The Morgan fingerprint density at radius 2 is 0.500 bits per heavy atom. The van der Waals surface area contributed by atoms with Gasteiger partial charge in [-0.2, -0.15) is 0 Å². The molecule has 622 valence electrons. The summed E-state index contributed by atoms with van der Waals surface area (Å²) in [4.78, 5) is 73.2. The highest BCUT2D eigenvalue weighted by molar-refractivity contribution is 7.47. The molecule has 0 fully saturated rings. The largest absolute Gasteiger partial charge is 0.472 e. The number of carbonyl (C=O) groups excluding carboxylic acids is 4. The number of unbranched alkanes of at least 4 members (excludes halogenated alkanes) is 34. The third kappa shape index (κ3) is 79.5. The molecule has 108 heavy (non-hydrogen) atoms. The van der Waals surface area contributed by atoms with E-state index in [0.29, 0.717) is 32.1 Å². The van der Waals surface area contributed by atoms with Crippen LogP contribution in [0.5, 0.6) is 0 Å². The van der Waals surface area contributed by atoms with Crippen molar-refractivity contribution in [3.63, 3.8) is 0 Å². The van der Waals surface area contributed by atoms with Gasteiger partial charge in [-0.3, -0.25) is 37.3 Å². The van der Waals surface area contributed by atoms with E-state index in [2.05, 4.69) is 131 Å². The molecule has 0 aliphatic rings. The Hall–Kier alpha value is -4.54. The third-order valence-corrected chi connectivity index (χ3v) is 19.8. The van der Waals surface area contributed by atoms with Crippen LogP contribution in [0.25, 0.3) is 0 Å². The number of rotatable bonds is 80. The van der Waals surface area contributed by atoms with E-state index in [1.807, 2.05) is 18.2 Å². The van der Waals surface area contributed by atoms with Crippen LogP contribution in [0, 0.1) is 0 Å². The van der Waals surface area contributed by atoms with Gasteiger partial charge in [0.1, 0.15) is 19.3 Å². The van der Waals surface area contributed by atoms with Crippen molar-refractivity contribution in [2.24, 2.45) is 0 Å². The summed E-state index contributed by atoms with van der Waals surface area (Å²) < 4.78 is 68.7. The number of hydrogen-bond donors (Lipinski definition) is 3. The molecular weight excluding hydrogens is 1400 g/mol. The van der Waals surface area contributed by atoms with Gasteiger partial charge in [0.05, 0.1) is 26.4 Å². The summed E-state index contributed by atoms with van der Waals surface area (Å²) in [5.41, 5.74) is 0. The van der Waals surface area contributed by atoms with Crippen molar-refractivity contribution in [2.75, 3.05) is 39.6 Å². The summed E-state index contributed by atoms with van der Waals surface area (Å²) in [5, 5.41) is 10.7. The second-order valence-electron chi connectivity index (χ2n) is 28.4. The van der Waals surface area contributed by atoms with E-state index in [9.17, 15) is 43.2 Å². The maximum atomic E-state index is 13.1. The fourth-order valence-electron chi connectivity index (χ4n) is 11.4. The molecule has 0 rings (SSSR count). The summed E-state index contributed by atoms with van der Waals surface area (Å²) in [6, 6.07) is 0. The summed E-state index contributed by atoms with van der Waals surface area (Å²) in [7, 11) is -9.99. The Morgan fingerprint density at radius 1 is 0.269 bits per heavy atom. The fourth-order valence-corrected chi connectivity index (χ4v) is 13.0. The lowest BCUT2D eigenvalue weighted by molar-refractivity contribution is -0.161. The molecule has 5 unspecified atom stereocenters. The second-order valence-corrected chi connectivity index (χ2v) is 31.3. The van der Waals surface area contributed by atoms with Gasteiger partial charge in [0, 0.05) is 25.7 Å². The quantitative estimate of drug-likeness (QED) is 0.0169. The Balaban J connectivity index is 5.45. The number of allylic oxidation sites excluding steroid dienone is 20. The fraction of sp³-hybridized carbons (Fsp3) is 0.730. The van der Waals surface area contributed by atoms with Gasteiger partial charge in [-0.05, 0) is 128 Å². The highest BCUT2D eigenvalue weighted by Gasteiger charge is 2.30. The lowest BCUT2D eigenvalue weighted by atomic mass is 10.0. The maximum absolute atomic E-state index is 13.1. The SMILES string of the molecule is CC/C=C\C/C=C\C/C=C\C/C=C\C/C=C\C/C=C\CCC(=O)OCC(COP(=O)(O)OCC(O)COP(=O)(O)OCC(COC(=O)CCCCCCC/C=C\CCCCCCCC)OC(=O)CCCCCCCCCCCCCCCCC)OC(=O)CCCCCCCC/C=C\C/C=C\C/C=C\CCCCC. The topological polar surface area (TPSA) is 237 Å². The zero-order valence-corrected chi connectivity index (χ0v) is 70.0. The van der Waals surface area contributed by atoms with Crippen LogP contribution in [0.15, 0.2) is 122 Å². The molecule has 17 nitrogen and oxygen atoms in total. The highest BCUT2D eigenvalue weighted by atomic mass is 31.2. The molecule has 3 N–H and O–H groups in total. The van der Waals surface area contributed by atoms with Crippen molar-refractivity contribution in [3.8, 4) is 0 Å². The van der Waals surface area contributed by atoms with Crippen LogP contribution in [-0.2, 0) is 65.4 Å². The van der Waals surface area contributed by atoms with Gasteiger partial charge in [0.15, 0.2) is 12.2 Å². The van der Waals surface area contributed by atoms with E-state index in [1.165, 1.54) is 122 Å². The molecule has 5 atom stereocenters. The number of phosphoric ester groups is 2. The molecular formula is C89H154O17P2. The number of esters is 4. The van der Waals surface area contributed by atoms with Crippen LogP contribution in [0.1, 0.15) is 362 Å². The molecule has 0 bridgehead atoms. The number of aliphatic hydroxyl groups is 1. The average molecular weight is 1560 g/mol. The van der Waals surface area contributed by atoms with Crippen LogP contribution >= 0.6 is 15.6 Å². The van der Waals surface area contributed by atoms with Gasteiger partial charge < -0.3 is 33.8 Å². The standard InChI is InChI=1S/C89H154O17P2/c1-5-9-13-17-21-25-29-33-37-39-41-43-47-50-54-58-62-66-70-74-87(92)100-80-85(106-89(94)76-72-68-64-60-56-52-48-44-42-40-38-34-30-26-22-18-14-10-6-2)82-104-108(97,98)102-78-83(90)77-101-107(95,96)103-81-84(105-88(93)75-71-67-63-59-55-51-46-36-32-28-24-20-16-12-8-4)79-99-86(91)73-69-65-61-57-53-49-45-35-31-27-23-19-15-11-7-3/h9,13,21-22,25-26,33-35,37-38,41-45,50,54,62,66,83-85,90H,5-8,10-12,14-20,23-24,27-32,36,39-40,46-49,51-53,55-61,63-65,67-82H2,1-4H3,(H,95,96)(H,97,98)/b13-9-,25-21-,26-22-,37-33-,38-34-,43-41-,44-42-,45-35-,54-50-,66-62-. The first-order valence-corrected chi connectivity index (χ1v) is 45.8. The minimum absolute atomic E-state index is 0.0313. The van der Waals surface area contributed by atoms with E-state index in [-0.39, 0.29) is 25.7 Å². The Bertz CT molecular complexity index is 2520. The van der Waals surface area contributed by atoms with Crippen LogP contribution in [0.3, 0.4) is 0 Å². The summed E-state index contributed by atoms with van der Waals surface area (Å²) in [6.45, 7) is 4.68. The van der Waals surface area contributed by atoms with Crippen molar-refractivity contribution in [1.29, 1.82) is 0 Å². The maximum Gasteiger partial charge on any atom is 0.472 e. The van der Waals surface area contributed by atoms with Crippen molar-refractivity contribution >= 4 is 39.5 Å². The second kappa shape index (κ2) is 80.5. The minimum Gasteiger partial charge on any atom is -0.462 e. The minimum atomic E-state index is -5.00. The van der Waals surface area contributed by atoms with Crippen LogP contribution in [0.2, 0.25) is 0 Å². The first-order chi connectivity index (χ1) is 52.7. The Labute approximate surface area is 657 Å². The van der Waals surface area contributed by atoms with Gasteiger partial charge in [-0.1, -0.05) is 329 Å². The smallest absolute Gasteiger partial charge is 0.462 e. The molecule has 0 aromatic carbocycles. The molecule has 0 spiro atoms. The Morgan fingerprint density at radius 3 is 0.824 bits per heavy atom. The molecule has 0 aromatic heterocycles. The zero-order chi connectivity index (χ0) is 78.9. The molecule has 0 radical (unpaired) electrons. The van der Waals surface area contributed by atoms with E-state index < -0.39 is 97.5 Å². The number of ether oxygens (including phenoxy) is 4. The predicted octanol–water partition coefficient (Wildman–Crippen LogP) is 25.5. The van der Waals surface area contributed by atoms with E-state index in [0.717, 1.165) is 154 Å². The van der Waals surface area contributed by atoms with Gasteiger partial charge >= 0.3 is 39.5 Å². The third-order valence-electron chi connectivity index (χ3n) is 17.9. The van der Waals surface area contributed by atoms with E-state index >= 15 is 0 Å². The van der Waals surface area contributed by atoms with Crippen LogP contribution in [0.4, 0.5) is 0 Å². The normalized spacial score (nSPS) is 14.4. The first kappa shape index (κ1) is 103. The molecule has 19 heteroatoms. The first-order valence-electron chi connectivity index (χ1n) is 42.8.